The van der Waals surface area contributed by atoms with Crippen molar-refractivity contribution in [1.29, 1.82) is 0 Å². The van der Waals surface area contributed by atoms with Crippen molar-refractivity contribution in [1.82, 2.24) is 4.90 Å². The number of benzene rings is 1. The zero-order valence-corrected chi connectivity index (χ0v) is 18.5. The van der Waals surface area contributed by atoms with Gasteiger partial charge < -0.3 is 19.9 Å². The normalized spacial score (nSPS) is 17.8. The maximum absolute atomic E-state index is 12.8. The van der Waals surface area contributed by atoms with E-state index in [0.717, 1.165) is 56.2 Å². The molecule has 1 aromatic heterocycles. The van der Waals surface area contributed by atoms with Gasteiger partial charge in [-0.3, -0.25) is 4.90 Å². The van der Waals surface area contributed by atoms with Crippen LogP contribution in [0.2, 0.25) is 0 Å². The van der Waals surface area contributed by atoms with Crippen LogP contribution in [0.25, 0.3) is 0 Å². The molecule has 0 saturated carbocycles. The number of nitrogens with one attached hydrogen (secondary N) is 2. The molecule has 2 saturated heterocycles. The minimum absolute atomic E-state index is 0.656. The molecule has 3 heterocycles. The molecule has 2 aromatic rings. The monoisotopic (exact) mass is 466 g/mol. The van der Waals surface area contributed by atoms with Crippen molar-refractivity contribution in [2.45, 2.75) is 12.6 Å². The number of aromatic amines is 1. The van der Waals surface area contributed by atoms with Crippen LogP contribution >= 0.6 is 12.2 Å². The number of aromatic nitrogens is 1. The Morgan fingerprint density at radius 2 is 1.72 bits per heavy atom. The molecule has 0 atom stereocenters. The summed E-state index contributed by atoms with van der Waals surface area (Å²) in [6.45, 7) is 5.97. The minimum atomic E-state index is -4.35. The Labute approximate surface area is 191 Å². The van der Waals surface area contributed by atoms with Crippen LogP contribution in [0.4, 0.5) is 30.4 Å². The first-order valence-corrected chi connectivity index (χ1v) is 11.1. The molecule has 2 aliphatic rings. The number of pyridine rings is 1. The largest absolute Gasteiger partial charge is 0.419 e. The molecule has 1 aromatic carbocycles. The van der Waals surface area contributed by atoms with Gasteiger partial charge in [-0.1, -0.05) is 12.1 Å². The number of halogens is 3. The van der Waals surface area contributed by atoms with Crippen LogP contribution in [0.3, 0.4) is 0 Å². The van der Waals surface area contributed by atoms with Gasteiger partial charge in [0, 0.05) is 32.1 Å². The Bertz CT molecular complexity index is 919. The summed E-state index contributed by atoms with van der Waals surface area (Å²) in [5, 5.41) is 4.06. The number of hydrogen-bond acceptors (Lipinski definition) is 4. The van der Waals surface area contributed by atoms with Crippen molar-refractivity contribution in [3.8, 4) is 0 Å². The molecule has 0 radical (unpaired) electrons. The highest BCUT2D eigenvalue weighted by atomic mass is 32.1. The van der Waals surface area contributed by atoms with E-state index in [0.29, 0.717) is 37.2 Å². The summed E-state index contributed by atoms with van der Waals surface area (Å²) < 4.78 is 43.9. The molecule has 0 spiro atoms. The average Bonchev–Trinajstić information content (AvgIpc) is 3.06. The van der Waals surface area contributed by atoms with Crippen LogP contribution in [0.15, 0.2) is 42.6 Å². The van der Waals surface area contributed by atoms with Crippen molar-refractivity contribution < 1.29 is 22.9 Å². The molecular formula is C22H27F3N5OS+. The third-order valence-corrected chi connectivity index (χ3v) is 6.11. The maximum atomic E-state index is 12.8. The minimum Gasteiger partial charge on any atom is -0.378 e. The van der Waals surface area contributed by atoms with Crippen LogP contribution in [0.5, 0.6) is 0 Å². The van der Waals surface area contributed by atoms with E-state index in [9.17, 15) is 13.2 Å². The van der Waals surface area contributed by atoms with E-state index in [1.165, 1.54) is 6.07 Å². The van der Waals surface area contributed by atoms with Gasteiger partial charge in [0.25, 0.3) is 5.82 Å². The molecule has 172 valence electrons. The van der Waals surface area contributed by atoms with E-state index in [4.69, 9.17) is 17.0 Å². The number of anilines is 3. The summed E-state index contributed by atoms with van der Waals surface area (Å²) in [4.78, 5) is 9.26. The fourth-order valence-corrected chi connectivity index (χ4v) is 4.30. The van der Waals surface area contributed by atoms with E-state index in [-0.39, 0.29) is 0 Å². The van der Waals surface area contributed by atoms with E-state index in [2.05, 4.69) is 31.1 Å². The van der Waals surface area contributed by atoms with Gasteiger partial charge >= 0.3 is 6.18 Å². The molecule has 2 aliphatic heterocycles. The van der Waals surface area contributed by atoms with Crippen molar-refractivity contribution >= 4 is 34.5 Å². The van der Waals surface area contributed by atoms with Gasteiger partial charge in [-0.2, -0.15) is 13.2 Å². The average molecular weight is 467 g/mol. The van der Waals surface area contributed by atoms with Gasteiger partial charge in [0.2, 0.25) is 0 Å². The lowest BCUT2D eigenvalue weighted by Gasteiger charge is -2.31. The lowest BCUT2D eigenvalue weighted by Crippen LogP contribution is -2.40. The Morgan fingerprint density at radius 3 is 2.44 bits per heavy atom. The third kappa shape index (κ3) is 5.42. The SMILES string of the molecule is FC(F)(F)c1ccc(N2CCCN(C(=S)Nc3ccccc3N3CCOCC3)CC2)[nH+]c1. The van der Waals surface area contributed by atoms with E-state index >= 15 is 0 Å². The zero-order chi connectivity index (χ0) is 22.6. The van der Waals surface area contributed by atoms with Gasteiger partial charge in [0.1, 0.15) is 12.7 Å². The van der Waals surface area contributed by atoms with Crippen LogP contribution in [-0.2, 0) is 10.9 Å². The van der Waals surface area contributed by atoms with E-state index in [1.54, 1.807) is 0 Å². The molecule has 0 aliphatic carbocycles. The van der Waals surface area contributed by atoms with Crippen molar-refractivity contribution in [2.75, 3.05) is 67.6 Å². The molecule has 0 amide bonds. The van der Waals surface area contributed by atoms with Gasteiger partial charge in [-0.15, -0.1) is 0 Å². The fourth-order valence-electron chi connectivity index (χ4n) is 4.00. The highest BCUT2D eigenvalue weighted by molar-refractivity contribution is 7.80. The van der Waals surface area contributed by atoms with Crippen LogP contribution in [0, 0.1) is 0 Å². The van der Waals surface area contributed by atoms with E-state index < -0.39 is 11.7 Å². The predicted octanol–water partition coefficient (Wildman–Crippen LogP) is 3.27. The second kappa shape index (κ2) is 9.91. The molecule has 6 nitrogen and oxygen atoms in total. The summed E-state index contributed by atoms with van der Waals surface area (Å²) in [7, 11) is 0. The number of rotatable bonds is 3. The Kier molecular flexibility index (Phi) is 7.00. The molecule has 10 heteroatoms. The highest BCUT2D eigenvalue weighted by Crippen LogP contribution is 2.29. The Morgan fingerprint density at radius 1 is 0.938 bits per heavy atom. The first-order chi connectivity index (χ1) is 15.4. The lowest BCUT2D eigenvalue weighted by molar-refractivity contribution is -0.367. The molecular weight excluding hydrogens is 439 g/mol. The topological polar surface area (TPSA) is 45.1 Å². The number of morpholine rings is 1. The fraction of sp³-hybridized carbons (Fsp3) is 0.455. The van der Waals surface area contributed by atoms with Crippen LogP contribution in [-0.4, -0.2) is 62.5 Å². The standard InChI is InChI=1S/C22H26F3N5OS/c23-22(24,25)17-6-7-20(26-16-17)29-8-3-9-30(11-10-29)21(32)27-18-4-1-2-5-19(18)28-12-14-31-15-13-28/h1-2,4-7,16H,3,8-15H2,(H,27,32)/p+1. The van der Waals surface area contributed by atoms with Gasteiger partial charge in [0.15, 0.2) is 5.11 Å². The first-order valence-electron chi connectivity index (χ1n) is 10.7. The van der Waals surface area contributed by atoms with Gasteiger partial charge in [0.05, 0.1) is 43.2 Å². The van der Waals surface area contributed by atoms with Crippen molar-refractivity contribution in [3.63, 3.8) is 0 Å². The maximum Gasteiger partial charge on any atom is 0.419 e. The summed E-state index contributed by atoms with van der Waals surface area (Å²) in [5.74, 6) is 0.677. The second-order valence-corrected chi connectivity index (χ2v) is 8.22. The van der Waals surface area contributed by atoms with Crippen LogP contribution < -0.4 is 20.1 Å². The predicted molar refractivity (Wildman–Crippen MR) is 122 cm³/mol. The molecule has 2 fully saturated rings. The molecule has 2 N–H and O–H groups in total. The third-order valence-electron chi connectivity index (χ3n) is 5.74. The first kappa shape index (κ1) is 22.6. The molecule has 4 rings (SSSR count). The van der Waals surface area contributed by atoms with Crippen LogP contribution in [0.1, 0.15) is 12.0 Å². The summed E-state index contributed by atoms with van der Waals surface area (Å²) in [6, 6.07) is 10.7. The molecule has 0 bridgehead atoms. The lowest BCUT2D eigenvalue weighted by atomic mass is 10.2. The smallest absolute Gasteiger partial charge is 0.378 e. The van der Waals surface area contributed by atoms with E-state index in [1.807, 2.05) is 18.2 Å². The number of para-hydroxylation sites is 2. The van der Waals surface area contributed by atoms with Crippen molar-refractivity contribution in [2.24, 2.45) is 0 Å². The summed E-state index contributed by atoms with van der Waals surface area (Å²) >= 11 is 5.71. The molecule has 32 heavy (non-hydrogen) atoms. The number of hydrogen-bond donors (Lipinski definition) is 1. The zero-order valence-electron chi connectivity index (χ0n) is 17.7. The number of ether oxygens (including phenoxy) is 1. The number of nitrogens with zero attached hydrogens (tertiary/aromatic N) is 3. The Hall–Kier alpha value is -2.59. The van der Waals surface area contributed by atoms with Gasteiger partial charge in [-0.25, -0.2) is 4.98 Å². The number of alkyl halides is 3. The Balaban J connectivity index is 1.38. The van der Waals surface area contributed by atoms with Gasteiger partial charge in [-0.05, 0) is 30.4 Å². The number of thiocarbonyl (C=S) groups is 1. The number of H-pyrrole nitrogens is 1. The second-order valence-electron chi connectivity index (χ2n) is 7.83. The quantitative estimate of drug-likeness (QED) is 0.701. The highest BCUT2D eigenvalue weighted by Gasteiger charge is 2.32. The summed E-state index contributed by atoms with van der Waals surface area (Å²) in [5.41, 5.74) is 1.40. The summed E-state index contributed by atoms with van der Waals surface area (Å²) in [6.07, 6.45) is -2.48. The molecule has 0 unspecified atom stereocenters. The van der Waals surface area contributed by atoms with Crippen molar-refractivity contribution in [3.05, 3.63) is 48.2 Å².